The predicted molar refractivity (Wildman–Crippen MR) is 73.6 cm³/mol. The van der Waals surface area contributed by atoms with Gasteiger partial charge in [-0.05, 0) is 25.0 Å². The van der Waals surface area contributed by atoms with E-state index in [1.54, 1.807) is 10.9 Å². The van der Waals surface area contributed by atoms with Crippen molar-refractivity contribution < 1.29 is 0 Å². The Balaban J connectivity index is 2.22. The molecule has 0 aliphatic carbocycles. The van der Waals surface area contributed by atoms with Gasteiger partial charge < -0.3 is 5.32 Å². The smallest absolute Gasteiger partial charge is 0.142 e. The highest BCUT2D eigenvalue weighted by molar-refractivity contribution is 5.55. The third kappa shape index (κ3) is 2.58. The maximum Gasteiger partial charge on any atom is 0.142 e. The number of hydrogen-bond acceptors (Lipinski definition) is 4. The second kappa shape index (κ2) is 5.53. The van der Waals surface area contributed by atoms with Crippen LogP contribution < -0.4 is 5.32 Å². The number of anilines is 1. The number of nitriles is 1. The average molecular weight is 255 g/mol. The summed E-state index contributed by atoms with van der Waals surface area (Å²) in [7, 11) is 1.83. The molecule has 0 saturated heterocycles. The summed E-state index contributed by atoms with van der Waals surface area (Å²) in [4.78, 5) is 4.38. The lowest BCUT2D eigenvalue weighted by Crippen LogP contribution is -2.09. The fourth-order valence-corrected chi connectivity index (χ4v) is 2.11. The van der Waals surface area contributed by atoms with E-state index in [1.807, 2.05) is 20.0 Å². The number of aryl methyl sites for hydroxylation is 3. The number of aromatic nitrogens is 3. The zero-order chi connectivity index (χ0) is 13.8. The van der Waals surface area contributed by atoms with E-state index >= 15 is 0 Å². The van der Waals surface area contributed by atoms with Gasteiger partial charge in [0.2, 0.25) is 0 Å². The number of nitrogens with zero attached hydrogens (tertiary/aromatic N) is 4. The Hall–Kier alpha value is -2.35. The van der Waals surface area contributed by atoms with Gasteiger partial charge in [-0.3, -0.25) is 9.67 Å². The lowest BCUT2D eigenvalue weighted by atomic mass is 10.1. The number of nitrogens with one attached hydrogen (secondary N) is 1. The highest BCUT2D eigenvalue weighted by atomic mass is 15.3. The van der Waals surface area contributed by atoms with Crippen molar-refractivity contribution in [2.24, 2.45) is 7.05 Å². The van der Waals surface area contributed by atoms with Crippen molar-refractivity contribution >= 4 is 5.82 Å². The van der Waals surface area contributed by atoms with Crippen molar-refractivity contribution in [3.05, 3.63) is 40.8 Å². The molecule has 0 aliphatic heterocycles. The van der Waals surface area contributed by atoms with E-state index < -0.39 is 0 Å². The minimum absolute atomic E-state index is 0.594. The Morgan fingerprint density at radius 3 is 2.95 bits per heavy atom. The Morgan fingerprint density at radius 1 is 1.47 bits per heavy atom. The van der Waals surface area contributed by atoms with Crippen molar-refractivity contribution in [3.63, 3.8) is 0 Å². The Bertz CT molecular complexity index is 621. The summed E-state index contributed by atoms with van der Waals surface area (Å²) >= 11 is 0. The summed E-state index contributed by atoms with van der Waals surface area (Å²) in [5.74, 6) is 0.743. The fourth-order valence-electron chi connectivity index (χ4n) is 2.11. The van der Waals surface area contributed by atoms with Crippen LogP contribution in [0.15, 0.2) is 18.3 Å². The molecule has 0 aromatic carbocycles. The lowest BCUT2D eigenvalue weighted by Gasteiger charge is -2.09. The molecule has 0 radical (unpaired) electrons. The first-order valence-electron chi connectivity index (χ1n) is 6.27. The second-order valence-corrected chi connectivity index (χ2v) is 4.36. The molecular formula is C14H17N5. The first-order valence-corrected chi connectivity index (χ1v) is 6.27. The monoisotopic (exact) mass is 255 g/mol. The number of pyridine rings is 1. The van der Waals surface area contributed by atoms with E-state index in [0.717, 1.165) is 23.6 Å². The quantitative estimate of drug-likeness (QED) is 0.909. The summed E-state index contributed by atoms with van der Waals surface area (Å²) in [6, 6.07) is 6.20. The van der Waals surface area contributed by atoms with Crippen molar-refractivity contribution in [2.45, 2.75) is 26.8 Å². The molecule has 0 saturated carbocycles. The molecule has 0 atom stereocenters. The Kier molecular flexibility index (Phi) is 3.81. The molecule has 0 bridgehead atoms. The maximum absolute atomic E-state index is 9.15. The van der Waals surface area contributed by atoms with Gasteiger partial charge in [0, 0.05) is 13.2 Å². The van der Waals surface area contributed by atoms with Gasteiger partial charge in [0.15, 0.2) is 0 Å². The summed E-state index contributed by atoms with van der Waals surface area (Å²) in [6.07, 6.45) is 2.73. The molecule has 5 nitrogen and oxygen atoms in total. The number of rotatable bonds is 4. The van der Waals surface area contributed by atoms with Crippen LogP contribution in [0.25, 0.3) is 0 Å². The third-order valence-electron chi connectivity index (χ3n) is 3.12. The van der Waals surface area contributed by atoms with Crippen LogP contribution >= 0.6 is 0 Å². The minimum Gasteiger partial charge on any atom is -0.364 e. The molecule has 1 N–H and O–H groups in total. The molecule has 2 rings (SSSR count). The Labute approximate surface area is 112 Å². The summed E-state index contributed by atoms with van der Waals surface area (Å²) < 4.78 is 1.70. The fraction of sp³-hybridized carbons (Fsp3) is 0.357. The van der Waals surface area contributed by atoms with Gasteiger partial charge in [-0.15, -0.1) is 0 Å². The molecular weight excluding hydrogens is 238 g/mol. The van der Waals surface area contributed by atoms with E-state index in [1.165, 1.54) is 5.56 Å². The van der Waals surface area contributed by atoms with Gasteiger partial charge >= 0.3 is 0 Å². The van der Waals surface area contributed by atoms with E-state index in [-0.39, 0.29) is 0 Å². The Morgan fingerprint density at radius 2 is 2.26 bits per heavy atom. The lowest BCUT2D eigenvalue weighted by molar-refractivity contribution is 0.756. The zero-order valence-corrected chi connectivity index (χ0v) is 11.4. The molecule has 0 unspecified atom stereocenters. The van der Waals surface area contributed by atoms with Crippen molar-refractivity contribution in [2.75, 3.05) is 5.32 Å². The molecule has 5 heteroatoms. The van der Waals surface area contributed by atoms with Crippen molar-refractivity contribution in [1.82, 2.24) is 14.8 Å². The topological polar surface area (TPSA) is 66.5 Å². The van der Waals surface area contributed by atoms with E-state index in [9.17, 15) is 0 Å². The normalized spacial score (nSPS) is 10.2. The van der Waals surface area contributed by atoms with Gasteiger partial charge in [-0.2, -0.15) is 10.4 Å². The van der Waals surface area contributed by atoms with Crippen LogP contribution in [0.2, 0.25) is 0 Å². The van der Waals surface area contributed by atoms with Crippen LogP contribution in [0.3, 0.4) is 0 Å². The predicted octanol–water partition coefficient (Wildman–Crippen LogP) is 2.17. The first kappa shape index (κ1) is 13.1. The largest absolute Gasteiger partial charge is 0.364 e. The number of hydrogen-bond donors (Lipinski definition) is 1. The molecule has 98 valence electrons. The maximum atomic E-state index is 9.15. The SMILES string of the molecule is CCc1cccnc1CNc1c(C#N)c(C)nn1C. The third-order valence-corrected chi connectivity index (χ3v) is 3.12. The van der Waals surface area contributed by atoms with Gasteiger partial charge in [0.05, 0.1) is 17.9 Å². The van der Waals surface area contributed by atoms with Crippen LogP contribution in [0.4, 0.5) is 5.82 Å². The van der Waals surface area contributed by atoms with Crippen molar-refractivity contribution in [1.29, 1.82) is 5.26 Å². The summed E-state index contributed by atoms with van der Waals surface area (Å²) in [6.45, 7) is 4.54. The van der Waals surface area contributed by atoms with Crippen LogP contribution in [0.5, 0.6) is 0 Å². The van der Waals surface area contributed by atoms with Crippen LogP contribution in [0.1, 0.15) is 29.4 Å². The second-order valence-electron chi connectivity index (χ2n) is 4.36. The van der Waals surface area contributed by atoms with Gasteiger partial charge in [-0.1, -0.05) is 13.0 Å². The molecule has 19 heavy (non-hydrogen) atoms. The van der Waals surface area contributed by atoms with E-state index in [4.69, 9.17) is 5.26 Å². The molecule has 0 spiro atoms. The minimum atomic E-state index is 0.594. The molecule has 2 aromatic rings. The zero-order valence-electron chi connectivity index (χ0n) is 11.4. The van der Waals surface area contributed by atoms with E-state index in [2.05, 4.69) is 34.5 Å². The standard InChI is InChI=1S/C14H17N5/c1-4-11-6-5-7-16-13(11)9-17-14-12(8-15)10(2)18-19(14)3/h5-7,17H,4,9H2,1-3H3. The summed E-state index contributed by atoms with van der Waals surface area (Å²) in [5.41, 5.74) is 3.56. The molecule has 0 aliphatic rings. The van der Waals surface area contributed by atoms with Crippen LogP contribution in [-0.2, 0) is 20.0 Å². The summed E-state index contributed by atoms with van der Waals surface area (Å²) in [5, 5.41) is 16.7. The van der Waals surface area contributed by atoms with Gasteiger partial charge in [-0.25, -0.2) is 0 Å². The first-order chi connectivity index (χ1) is 9.17. The molecule has 2 heterocycles. The molecule has 2 aromatic heterocycles. The van der Waals surface area contributed by atoms with Crippen LogP contribution in [-0.4, -0.2) is 14.8 Å². The molecule has 0 amide bonds. The van der Waals surface area contributed by atoms with Crippen LogP contribution in [0, 0.1) is 18.3 Å². The molecule has 0 fully saturated rings. The highest BCUT2D eigenvalue weighted by Crippen LogP contribution is 2.18. The average Bonchev–Trinajstić information content (AvgIpc) is 2.70. The highest BCUT2D eigenvalue weighted by Gasteiger charge is 2.12. The van der Waals surface area contributed by atoms with Gasteiger partial charge in [0.1, 0.15) is 17.5 Å². The van der Waals surface area contributed by atoms with Gasteiger partial charge in [0.25, 0.3) is 0 Å². The van der Waals surface area contributed by atoms with E-state index in [0.29, 0.717) is 12.1 Å². The van der Waals surface area contributed by atoms with Crippen molar-refractivity contribution in [3.8, 4) is 6.07 Å².